The molecule has 1 unspecified atom stereocenters. The SMILES string of the molecule is O[C@H]1CCN(Cc2ccc3cc(Oc4ncc(C5CCNN5)cn4)ccc3c2)C1. The fraction of sp³-hybridized carbons (Fsp3) is 0.364. The van der Waals surface area contributed by atoms with Gasteiger partial charge in [0.2, 0.25) is 0 Å². The molecule has 5 rings (SSSR count). The average Bonchev–Trinajstić information content (AvgIpc) is 3.41. The summed E-state index contributed by atoms with van der Waals surface area (Å²) >= 11 is 0. The minimum atomic E-state index is -0.183. The molecule has 0 radical (unpaired) electrons. The third-order valence-corrected chi connectivity index (χ3v) is 5.62. The molecule has 0 bridgehead atoms. The van der Waals surface area contributed by atoms with Gasteiger partial charge in [0.25, 0.3) is 0 Å². The van der Waals surface area contributed by atoms with E-state index < -0.39 is 0 Å². The molecule has 0 amide bonds. The lowest BCUT2D eigenvalue weighted by Gasteiger charge is -2.15. The van der Waals surface area contributed by atoms with E-state index in [4.69, 9.17) is 4.74 Å². The highest BCUT2D eigenvalue weighted by Crippen LogP contribution is 2.26. The van der Waals surface area contributed by atoms with Crippen LogP contribution in [-0.2, 0) is 6.54 Å². The summed E-state index contributed by atoms with van der Waals surface area (Å²) in [7, 11) is 0. The zero-order chi connectivity index (χ0) is 19.6. The number of hydrogen-bond acceptors (Lipinski definition) is 7. The Morgan fingerprint density at radius 3 is 2.66 bits per heavy atom. The van der Waals surface area contributed by atoms with E-state index in [1.54, 1.807) is 0 Å². The number of aliphatic hydroxyl groups excluding tert-OH is 1. The summed E-state index contributed by atoms with van der Waals surface area (Å²) in [6.07, 6.45) is 5.34. The molecule has 2 saturated heterocycles. The number of nitrogens with zero attached hydrogens (tertiary/aromatic N) is 3. The molecule has 0 saturated carbocycles. The summed E-state index contributed by atoms with van der Waals surface area (Å²) in [6.45, 7) is 3.54. The van der Waals surface area contributed by atoms with Crippen molar-refractivity contribution < 1.29 is 9.84 Å². The van der Waals surface area contributed by atoms with Gasteiger partial charge in [-0.05, 0) is 47.4 Å². The number of rotatable bonds is 5. The quantitative estimate of drug-likeness (QED) is 0.616. The molecule has 0 aliphatic carbocycles. The number of likely N-dealkylation sites (tertiary alicyclic amines) is 1. The maximum absolute atomic E-state index is 9.70. The van der Waals surface area contributed by atoms with Crippen molar-refractivity contribution >= 4 is 10.8 Å². The second-order valence-electron chi connectivity index (χ2n) is 7.83. The van der Waals surface area contributed by atoms with E-state index in [0.29, 0.717) is 6.01 Å². The summed E-state index contributed by atoms with van der Waals surface area (Å²) in [5, 5.41) is 12.0. The van der Waals surface area contributed by atoms with Crippen molar-refractivity contribution in [2.75, 3.05) is 19.6 Å². The summed E-state index contributed by atoms with van der Waals surface area (Å²) in [5.74, 6) is 0.723. The van der Waals surface area contributed by atoms with Gasteiger partial charge in [0.1, 0.15) is 5.75 Å². The highest BCUT2D eigenvalue weighted by Gasteiger charge is 2.20. The zero-order valence-corrected chi connectivity index (χ0v) is 16.2. The highest BCUT2D eigenvalue weighted by molar-refractivity contribution is 5.84. The van der Waals surface area contributed by atoms with Crippen molar-refractivity contribution in [3.63, 3.8) is 0 Å². The fourth-order valence-corrected chi connectivity index (χ4v) is 4.05. The molecular formula is C22H25N5O2. The number of hydrazine groups is 1. The first-order chi connectivity index (χ1) is 14.2. The van der Waals surface area contributed by atoms with Gasteiger partial charge in [-0.1, -0.05) is 18.2 Å². The summed E-state index contributed by atoms with van der Waals surface area (Å²) in [5.41, 5.74) is 8.64. The van der Waals surface area contributed by atoms with E-state index >= 15 is 0 Å². The molecule has 1 aromatic heterocycles. The van der Waals surface area contributed by atoms with Crippen LogP contribution in [0.25, 0.3) is 10.8 Å². The Morgan fingerprint density at radius 1 is 1.07 bits per heavy atom. The molecule has 150 valence electrons. The van der Waals surface area contributed by atoms with Gasteiger partial charge in [-0.15, -0.1) is 0 Å². The first-order valence-electron chi connectivity index (χ1n) is 10.1. The lowest BCUT2D eigenvalue weighted by atomic mass is 10.1. The molecule has 29 heavy (non-hydrogen) atoms. The predicted octanol–water partition coefficient (Wildman–Crippen LogP) is 2.53. The van der Waals surface area contributed by atoms with Gasteiger partial charge in [0, 0.05) is 44.1 Å². The molecule has 0 spiro atoms. The minimum Gasteiger partial charge on any atom is -0.424 e. The van der Waals surface area contributed by atoms with Gasteiger partial charge in [0.05, 0.1) is 12.1 Å². The van der Waals surface area contributed by atoms with E-state index in [2.05, 4.69) is 50.0 Å². The summed E-state index contributed by atoms with van der Waals surface area (Å²) < 4.78 is 5.86. The number of nitrogens with one attached hydrogen (secondary N) is 2. The van der Waals surface area contributed by atoms with Crippen molar-refractivity contribution in [3.8, 4) is 11.8 Å². The van der Waals surface area contributed by atoms with Crippen molar-refractivity contribution in [1.82, 2.24) is 25.7 Å². The molecule has 2 aliphatic heterocycles. The van der Waals surface area contributed by atoms with Crippen molar-refractivity contribution in [2.45, 2.75) is 31.5 Å². The molecule has 7 nitrogen and oxygen atoms in total. The van der Waals surface area contributed by atoms with Gasteiger partial charge in [-0.25, -0.2) is 9.97 Å². The van der Waals surface area contributed by atoms with Crippen LogP contribution in [0.5, 0.6) is 11.8 Å². The minimum absolute atomic E-state index is 0.183. The first kappa shape index (κ1) is 18.4. The van der Waals surface area contributed by atoms with E-state index in [-0.39, 0.29) is 12.1 Å². The van der Waals surface area contributed by atoms with Crippen LogP contribution in [-0.4, -0.2) is 45.7 Å². The second-order valence-corrected chi connectivity index (χ2v) is 7.83. The van der Waals surface area contributed by atoms with Crippen molar-refractivity contribution in [2.24, 2.45) is 0 Å². The topological polar surface area (TPSA) is 82.5 Å². The van der Waals surface area contributed by atoms with Crippen LogP contribution in [0.1, 0.15) is 30.0 Å². The van der Waals surface area contributed by atoms with Crippen LogP contribution in [0.15, 0.2) is 48.8 Å². The Labute approximate surface area is 169 Å². The van der Waals surface area contributed by atoms with Gasteiger partial charge >= 0.3 is 6.01 Å². The number of β-amino-alcohol motifs (C(OH)–C–C–N with tert-alkyl or cyclic N) is 1. The van der Waals surface area contributed by atoms with E-state index in [1.165, 1.54) is 10.9 Å². The van der Waals surface area contributed by atoms with E-state index in [9.17, 15) is 5.11 Å². The van der Waals surface area contributed by atoms with Gasteiger partial charge in [-0.3, -0.25) is 15.8 Å². The average molecular weight is 391 g/mol. The fourth-order valence-electron chi connectivity index (χ4n) is 4.05. The molecule has 3 aromatic rings. The normalized spacial score (nSPS) is 22.4. The van der Waals surface area contributed by atoms with Crippen molar-refractivity contribution in [3.05, 3.63) is 59.9 Å². The Balaban J connectivity index is 1.27. The Morgan fingerprint density at radius 2 is 1.90 bits per heavy atom. The van der Waals surface area contributed by atoms with Gasteiger partial charge < -0.3 is 9.84 Å². The zero-order valence-electron chi connectivity index (χ0n) is 16.2. The second kappa shape index (κ2) is 8.04. The van der Waals surface area contributed by atoms with E-state index in [1.807, 2.05) is 24.5 Å². The molecular weight excluding hydrogens is 366 g/mol. The van der Waals surface area contributed by atoms with Crippen molar-refractivity contribution in [1.29, 1.82) is 0 Å². The molecule has 2 aliphatic rings. The largest absolute Gasteiger partial charge is 0.424 e. The van der Waals surface area contributed by atoms with E-state index in [0.717, 1.165) is 55.7 Å². The third kappa shape index (κ3) is 4.23. The maximum atomic E-state index is 9.70. The highest BCUT2D eigenvalue weighted by atomic mass is 16.5. The van der Waals surface area contributed by atoms with Crippen LogP contribution in [0.2, 0.25) is 0 Å². The van der Waals surface area contributed by atoms with Crippen LogP contribution in [0.3, 0.4) is 0 Å². The molecule has 2 aromatic carbocycles. The molecule has 3 N–H and O–H groups in total. The van der Waals surface area contributed by atoms with Crippen LogP contribution in [0.4, 0.5) is 0 Å². The number of aliphatic hydroxyl groups is 1. The van der Waals surface area contributed by atoms with Gasteiger partial charge in [-0.2, -0.15) is 0 Å². The molecule has 2 atom stereocenters. The summed E-state index contributed by atoms with van der Waals surface area (Å²) in [4.78, 5) is 11.0. The maximum Gasteiger partial charge on any atom is 0.321 e. The molecule has 2 fully saturated rings. The van der Waals surface area contributed by atoms with Crippen LogP contribution < -0.4 is 15.6 Å². The van der Waals surface area contributed by atoms with Crippen LogP contribution in [0, 0.1) is 0 Å². The number of hydrogen-bond donors (Lipinski definition) is 3. The predicted molar refractivity (Wildman–Crippen MR) is 110 cm³/mol. The summed E-state index contributed by atoms with van der Waals surface area (Å²) in [6, 6.07) is 13.1. The molecule has 3 heterocycles. The molecule has 7 heteroatoms. The Hall–Kier alpha value is -2.58. The number of benzene rings is 2. The third-order valence-electron chi connectivity index (χ3n) is 5.62. The standard InChI is InChI=1S/C22H25N5O2/c28-19-6-8-27(14-19)13-15-1-2-17-10-20(4-3-16(17)9-15)29-22-23-11-18(12-24-22)21-5-7-25-26-21/h1-4,9-12,19,21,25-26,28H,5-8,13-14H2/t19-,21?/m0/s1. The lowest BCUT2D eigenvalue weighted by molar-refractivity contribution is 0.175. The van der Waals surface area contributed by atoms with Crippen LogP contribution >= 0.6 is 0 Å². The number of aromatic nitrogens is 2. The number of ether oxygens (including phenoxy) is 1. The first-order valence-corrected chi connectivity index (χ1v) is 10.1. The number of fused-ring (bicyclic) bond motifs is 1. The lowest BCUT2D eigenvalue weighted by Crippen LogP contribution is -2.24. The van der Waals surface area contributed by atoms with Gasteiger partial charge in [0.15, 0.2) is 0 Å². The monoisotopic (exact) mass is 391 g/mol. The Bertz CT molecular complexity index is 988. The Kier molecular flexibility index (Phi) is 5.12. The smallest absolute Gasteiger partial charge is 0.321 e.